The smallest absolute Gasteiger partial charge is 0.303 e. The lowest BCUT2D eigenvalue weighted by Gasteiger charge is -2.44. The molecule has 2 heterocycles. The van der Waals surface area contributed by atoms with Gasteiger partial charge in [0, 0.05) is 38.6 Å². The molecule has 46 heavy (non-hydrogen) atoms. The number of rotatable bonds is 9. The summed E-state index contributed by atoms with van der Waals surface area (Å²) in [5.74, 6) is -2.21. The Morgan fingerprint density at radius 1 is 0.804 bits per heavy atom. The monoisotopic (exact) mass is 656 g/mol. The summed E-state index contributed by atoms with van der Waals surface area (Å²) in [6, 6.07) is 13.8. The Morgan fingerprint density at radius 3 is 2.04 bits per heavy atom. The fourth-order valence-corrected chi connectivity index (χ4v) is 7.14. The van der Waals surface area contributed by atoms with Gasteiger partial charge in [-0.2, -0.15) is 0 Å². The predicted octanol–water partition coefficient (Wildman–Crippen LogP) is 5.55. The van der Waals surface area contributed by atoms with Gasteiger partial charge >= 0.3 is 23.9 Å². The van der Waals surface area contributed by atoms with Crippen LogP contribution in [0.5, 0.6) is 0 Å². The Balaban J connectivity index is 1.41. The molecule has 0 amide bonds. The molecular formula is C35H41ClO10. The Labute approximate surface area is 273 Å². The summed E-state index contributed by atoms with van der Waals surface area (Å²) in [5.41, 5.74) is 3.77. The third kappa shape index (κ3) is 8.08. The van der Waals surface area contributed by atoms with E-state index < -0.39 is 54.4 Å². The highest BCUT2D eigenvalue weighted by Gasteiger charge is 2.52. The molecule has 1 saturated carbocycles. The number of hydrogen-bond donors (Lipinski definition) is 0. The molecule has 2 unspecified atom stereocenters. The van der Waals surface area contributed by atoms with Crippen LogP contribution in [0.3, 0.4) is 0 Å². The van der Waals surface area contributed by atoms with E-state index in [0.717, 1.165) is 37.0 Å². The molecule has 0 aromatic heterocycles. The molecule has 2 saturated heterocycles. The van der Waals surface area contributed by atoms with E-state index in [0.29, 0.717) is 22.9 Å². The number of benzene rings is 2. The minimum Gasteiger partial charge on any atom is -0.463 e. The molecule has 0 bridgehead atoms. The third-order valence-corrected chi connectivity index (χ3v) is 9.33. The number of carbonyl (C=O) groups is 4. The zero-order valence-corrected chi connectivity index (χ0v) is 27.4. The molecule has 3 aliphatic rings. The SMILES string of the molecule is CC(=O)OC[C@H]1OC(c2ccc(Cl)c(Cc3ccc(C4COC5(CCCC5)C4)cc3)c2)[C@H](OC(C)=O)[C@@H](OC(C)=O)[C@@H]1OC(C)=O. The summed E-state index contributed by atoms with van der Waals surface area (Å²) in [4.78, 5) is 48.2. The quantitative estimate of drug-likeness (QED) is 0.251. The second kappa shape index (κ2) is 14.5. The first-order valence-corrected chi connectivity index (χ1v) is 16.1. The second-order valence-electron chi connectivity index (χ2n) is 12.5. The van der Waals surface area contributed by atoms with E-state index >= 15 is 0 Å². The first-order chi connectivity index (χ1) is 21.9. The molecule has 0 N–H and O–H groups in total. The minimum absolute atomic E-state index is 0.0618. The zero-order valence-electron chi connectivity index (χ0n) is 26.6. The van der Waals surface area contributed by atoms with E-state index in [1.165, 1.54) is 46.1 Å². The van der Waals surface area contributed by atoms with Crippen molar-refractivity contribution in [3.8, 4) is 0 Å². The summed E-state index contributed by atoms with van der Waals surface area (Å²) >= 11 is 6.67. The highest BCUT2D eigenvalue weighted by molar-refractivity contribution is 6.31. The Hall–Kier alpha value is -3.47. The maximum Gasteiger partial charge on any atom is 0.303 e. The van der Waals surface area contributed by atoms with Crippen LogP contribution in [0, 0.1) is 0 Å². The Morgan fingerprint density at radius 2 is 1.41 bits per heavy atom. The Kier molecular flexibility index (Phi) is 10.7. The molecule has 248 valence electrons. The van der Waals surface area contributed by atoms with Crippen LogP contribution in [0.1, 0.15) is 94.1 Å². The van der Waals surface area contributed by atoms with Gasteiger partial charge < -0.3 is 28.4 Å². The lowest BCUT2D eigenvalue weighted by molar-refractivity contribution is -0.254. The van der Waals surface area contributed by atoms with Crippen LogP contribution < -0.4 is 0 Å². The van der Waals surface area contributed by atoms with E-state index in [-0.39, 0.29) is 12.2 Å². The molecule has 10 nitrogen and oxygen atoms in total. The predicted molar refractivity (Wildman–Crippen MR) is 166 cm³/mol. The third-order valence-electron chi connectivity index (χ3n) is 8.96. The van der Waals surface area contributed by atoms with Gasteiger partial charge in [0.15, 0.2) is 18.3 Å². The molecule has 2 aromatic rings. The topological polar surface area (TPSA) is 124 Å². The van der Waals surface area contributed by atoms with E-state index in [1.54, 1.807) is 12.1 Å². The highest BCUT2D eigenvalue weighted by Crippen LogP contribution is 2.46. The van der Waals surface area contributed by atoms with Crippen molar-refractivity contribution in [2.45, 2.75) is 108 Å². The van der Waals surface area contributed by atoms with E-state index in [4.69, 9.17) is 40.0 Å². The molecule has 1 aliphatic carbocycles. The van der Waals surface area contributed by atoms with Crippen molar-refractivity contribution in [1.29, 1.82) is 0 Å². The van der Waals surface area contributed by atoms with Crippen molar-refractivity contribution in [3.05, 3.63) is 69.7 Å². The summed E-state index contributed by atoms with van der Waals surface area (Å²) in [5, 5.41) is 0.533. The van der Waals surface area contributed by atoms with Crippen LogP contribution in [0.4, 0.5) is 0 Å². The fraction of sp³-hybridized carbons (Fsp3) is 0.543. The van der Waals surface area contributed by atoms with Gasteiger partial charge in [-0.25, -0.2) is 0 Å². The average Bonchev–Trinajstić information content (AvgIpc) is 3.64. The van der Waals surface area contributed by atoms with Gasteiger partial charge in [-0.15, -0.1) is 0 Å². The standard InChI is InChI=1S/C35H41ClO10/c1-20(37)41-19-30-32(43-21(2)38)34(45-23(4)40)33(44-22(3)39)31(46-30)26-11-12-29(36)27(16-26)15-24-7-9-25(10-8-24)28-17-35(42-18-28)13-5-6-14-35/h7-12,16,28,30-34H,5-6,13-15,17-19H2,1-4H3/t28?,30-,31?,32-,33+,34+/m1/s1. The van der Waals surface area contributed by atoms with Gasteiger partial charge in [0.05, 0.1) is 12.2 Å². The second-order valence-corrected chi connectivity index (χ2v) is 12.9. The normalized spacial score (nSPS) is 26.8. The lowest BCUT2D eigenvalue weighted by atomic mass is 9.87. The zero-order chi connectivity index (χ0) is 33.0. The largest absolute Gasteiger partial charge is 0.463 e. The molecule has 3 fully saturated rings. The maximum absolute atomic E-state index is 12.3. The van der Waals surface area contributed by atoms with Crippen molar-refractivity contribution in [1.82, 2.24) is 0 Å². The van der Waals surface area contributed by atoms with Crippen molar-refractivity contribution in [2.24, 2.45) is 0 Å². The summed E-state index contributed by atoms with van der Waals surface area (Å²) in [7, 11) is 0. The number of halogens is 1. The van der Waals surface area contributed by atoms with Crippen LogP contribution in [-0.2, 0) is 54.0 Å². The van der Waals surface area contributed by atoms with E-state index in [9.17, 15) is 19.2 Å². The minimum atomic E-state index is -1.25. The van der Waals surface area contributed by atoms with Crippen LogP contribution >= 0.6 is 11.6 Å². The molecule has 0 radical (unpaired) electrons. The van der Waals surface area contributed by atoms with Crippen LogP contribution in [-0.4, -0.2) is 67.1 Å². The molecule has 11 heteroatoms. The van der Waals surface area contributed by atoms with Crippen LogP contribution in [0.25, 0.3) is 0 Å². The molecule has 5 rings (SSSR count). The average molecular weight is 657 g/mol. The van der Waals surface area contributed by atoms with E-state index in [2.05, 4.69) is 24.3 Å². The summed E-state index contributed by atoms with van der Waals surface area (Å²) < 4.78 is 34.6. The fourth-order valence-electron chi connectivity index (χ4n) is 6.96. The number of esters is 4. The first kappa shape index (κ1) is 33.9. The van der Waals surface area contributed by atoms with Crippen molar-refractivity contribution in [2.75, 3.05) is 13.2 Å². The molecule has 2 aromatic carbocycles. The van der Waals surface area contributed by atoms with Gasteiger partial charge in [-0.05, 0) is 54.0 Å². The first-order valence-electron chi connectivity index (χ1n) is 15.7. The lowest BCUT2D eigenvalue weighted by Crippen LogP contribution is -2.59. The van der Waals surface area contributed by atoms with Crippen LogP contribution in [0.15, 0.2) is 42.5 Å². The Bertz CT molecular complexity index is 1430. The summed E-state index contributed by atoms with van der Waals surface area (Å²) in [6.45, 7) is 5.29. The van der Waals surface area contributed by atoms with E-state index in [1.807, 2.05) is 6.07 Å². The molecule has 6 atom stereocenters. The highest BCUT2D eigenvalue weighted by atomic mass is 35.5. The molecule has 2 aliphatic heterocycles. The maximum atomic E-state index is 12.3. The number of hydrogen-bond acceptors (Lipinski definition) is 10. The number of carbonyl (C=O) groups excluding carboxylic acids is 4. The number of ether oxygens (including phenoxy) is 6. The van der Waals surface area contributed by atoms with Crippen molar-refractivity contribution >= 4 is 35.5 Å². The van der Waals surface area contributed by atoms with Gasteiger partial charge in [0.1, 0.15) is 18.8 Å². The summed E-state index contributed by atoms with van der Waals surface area (Å²) in [6.07, 6.45) is 0.675. The van der Waals surface area contributed by atoms with Crippen molar-refractivity contribution in [3.63, 3.8) is 0 Å². The van der Waals surface area contributed by atoms with Gasteiger partial charge in [-0.1, -0.05) is 60.8 Å². The van der Waals surface area contributed by atoms with Gasteiger partial charge in [-0.3, -0.25) is 19.2 Å². The van der Waals surface area contributed by atoms with Gasteiger partial charge in [0.2, 0.25) is 0 Å². The van der Waals surface area contributed by atoms with Crippen molar-refractivity contribution < 1.29 is 47.6 Å². The van der Waals surface area contributed by atoms with Gasteiger partial charge in [0.25, 0.3) is 0 Å². The van der Waals surface area contributed by atoms with Crippen LogP contribution in [0.2, 0.25) is 5.02 Å². The molecule has 1 spiro atoms. The molecular weight excluding hydrogens is 616 g/mol.